The van der Waals surface area contributed by atoms with E-state index in [1.807, 2.05) is 0 Å². The van der Waals surface area contributed by atoms with Gasteiger partial charge in [0.05, 0.1) is 33.6 Å². The Hall–Kier alpha value is -5.72. The van der Waals surface area contributed by atoms with E-state index in [2.05, 4.69) is 11.8 Å². The van der Waals surface area contributed by atoms with Gasteiger partial charge in [0.2, 0.25) is 0 Å². The first-order valence-corrected chi connectivity index (χ1v) is 11.6. The highest BCUT2D eigenvalue weighted by Gasteiger charge is 2.38. The van der Waals surface area contributed by atoms with E-state index in [-0.39, 0.29) is 22.3 Å². The molecule has 6 heteroatoms. The lowest BCUT2D eigenvalue weighted by atomic mass is 9.97. The van der Waals surface area contributed by atoms with E-state index >= 15 is 0 Å². The number of anilines is 2. The van der Waals surface area contributed by atoms with Crippen molar-refractivity contribution >= 4 is 35.0 Å². The van der Waals surface area contributed by atoms with Gasteiger partial charge in [0, 0.05) is 11.1 Å². The van der Waals surface area contributed by atoms with Crippen molar-refractivity contribution in [1.82, 2.24) is 0 Å². The molecule has 4 aromatic carbocycles. The van der Waals surface area contributed by atoms with Gasteiger partial charge >= 0.3 is 0 Å². The number of benzene rings is 4. The number of carbonyl (C=O) groups is 4. The number of fused-ring (bicyclic) bond motifs is 2. The number of rotatable bonds is 3. The Labute approximate surface area is 218 Å². The van der Waals surface area contributed by atoms with Crippen molar-refractivity contribution in [2.75, 3.05) is 9.80 Å². The summed E-state index contributed by atoms with van der Waals surface area (Å²) < 4.78 is 0. The zero-order valence-corrected chi connectivity index (χ0v) is 19.8. The molecular weight excluding hydrogens is 476 g/mol. The van der Waals surface area contributed by atoms with Crippen LogP contribution in [-0.2, 0) is 0 Å². The van der Waals surface area contributed by atoms with Crippen LogP contribution in [0.5, 0.6) is 0 Å². The largest absolute Gasteiger partial charge is 0.268 e. The van der Waals surface area contributed by atoms with Crippen molar-refractivity contribution in [2.24, 2.45) is 0 Å². The first-order valence-electron chi connectivity index (χ1n) is 11.6. The molecule has 4 aromatic rings. The summed E-state index contributed by atoms with van der Waals surface area (Å²) in [5, 5.41) is 0. The third-order valence-corrected chi connectivity index (χ3v) is 6.65. The van der Waals surface area contributed by atoms with Crippen molar-refractivity contribution in [3.8, 4) is 35.8 Å². The van der Waals surface area contributed by atoms with Crippen LogP contribution in [0.3, 0.4) is 0 Å². The summed E-state index contributed by atoms with van der Waals surface area (Å²) in [6.45, 7) is 0. The van der Waals surface area contributed by atoms with E-state index < -0.39 is 23.6 Å². The van der Waals surface area contributed by atoms with Crippen molar-refractivity contribution in [3.05, 3.63) is 118 Å². The highest BCUT2D eigenvalue weighted by atomic mass is 16.2. The maximum absolute atomic E-state index is 13.3. The topological polar surface area (TPSA) is 74.8 Å². The molecule has 0 spiro atoms. The normalized spacial score (nSPS) is 13.8. The molecule has 2 heterocycles. The van der Waals surface area contributed by atoms with E-state index in [0.717, 1.165) is 9.80 Å². The molecule has 2 aliphatic heterocycles. The molecule has 4 amide bonds. The van der Waals surface area contributed by atoms with Crippen LogP contribution in [0.1, 0.15) is 52.6 Å². The number of carbonyl (C=O) groups excluding carboxylic acids is 4. The molecule has 0 unspecified atom stereocenters. The van der Waals surface area contributed by atoms with Gasteiger partial charge in [-0.1, -0.05) is 36.1 Å². The zero-order valence-electron chi connectivity index (χ0n) is 19.8. The van der Waals surface area contributed by atoms with Crippen LogP contribution in [-0.4, -0.2) is 23.6 Å². The molecule has 0 atom stereocenters. The number of hydrogen-bond donors (Lipinski definition) is 0. The fourth-order valence-corrected chi connectivity index (χ4v) is 4.78. The summed E-state index contributed by atoms with van der Waals surface area (Å²) in [5.74, 6) is 3.20. The SMILES string of the molecule is C#Cc1cccc(N2C(=O)c3ccc(-c4ccc5c(c4)C(=O)N(c4cccc(C#C)c4)C5=O)cc3C2=O)c1. The molecule has 0 radical (unpaired) electrons. The summed E-state index contributed by atoms with van der Waals surface area (Å²) in [7, 11) is 0. The summed E-state index contributed by atoms with van der Waals surface area (Å²) in [6.07, 6.45) is 10.9. The number of hydrogen-bond acceptors (Lipinski definition) is 4. The lowest BCUT2D eigenvalue weighted by molar-refractivity contribution is 0.0910. The Morgan fingerprint density at radius 2 is 0.868 bits per heavy atom. The van der Waals surface area contributed by atoms with Crippen LogP contribution >= 0.6 is 0 Å². The number of terminal acetylenes is 2. The van der Waals surface area contributed by atoms with Gasteiger partial charge < -0.3 is 0 Å². The van der Waals surface area contributed by atoms with Crippen LogP contribution in [0, 0.1) is 24.7 Å². The van der Waals surface area contributed by atoms with Gasteiger partial charge in [-0.2, -0.15) is 0 Å². The smallest absolute Gasteiger partial charge is 0.266 e. The van der Waals surface area contributed by atoms with Gasteiger partial charge in [-0.15, -0.1) is 12.8 Å². The van der Waals surface area contributed by atoms with Gasteiger partial charge in [0.25, 0.3) is 23.6 Å². The van der Waals surface area contributed by atoms with Crippen LogP contribution in [0.2, 0.25) is 0 Å². The van der Waals surface area contributed by atoms with E-state index in [1.165, 1.54) is 0 Å². The van der Waals surface area contributed by atoms with Crippen LogP contribution in [0.25, 0.3) is 11.1 Å². The van der Waals surface area contributed by atoms with Crippen LogP contribution in [0.4, 0.5) is 11.4 Å². The molecule has 38 heavy (non-hydrogen) atoms. The van der Waals surface area contributed by atoms with Crippen LogP contribution < -0.4 is 9.80 Å². The number of nitrogens with zero attached hydrogens (tertiary/aromatic N) is 2. The zero-order chi connectivity index (χ0) is 26.6. The van der Waals surface area contributed by atoms with Gasteiger partial charge in [0.1, 0.15) is 0 Å². The molecule has 0 aliphatic carbocycles. The summed E-state index contributed by atoms with van der Waals surface area (Å²) in [5.41, 5.74) is 4.18. The highest BCUT2D eigenvalue weighted by Crippen LogP contribution is 2.35. The minimum Gasteiger partial charge on any atom is -0.268 e. The highest BCUT2D eigenvalue weighted by molar-refractivity contribution is 6.35. The van der Waals surface area contributed by atoms with Crippen molar-refractivity contribution in [3.63, 3.8) is 0 Å². The van der Waals surface area contributed by atoms with E-state index in [9.17, 15) is 19.2 Å². The molecular formula is C32H16N2O4. The van der Waals surface area contributed by atoms with Gasteiger partial charge in [-0.3, -0.25) is 19.2 Å². The fraction of sp³-hybridized carbons (Fsp3) is 0. The molecule has 0 aromatic heterocycles. The maximum Gasteiger partial charge on any atom is 0.266 e. The summed E-state index contributed by atoms with van der Waals surface area (Å²) >= 11 is 0. The lowest BCUT2D eigenvalue weighted by Crippen LogP contribution is -2.29. The Balaban J connectivity index is 1.36. The molecule has 6 rings (SSSR count). The van der Waals surface area contributed by atoms with E-state index in [4.69, 9.17) is 12.8 Å². The Morgan fingerprint density at radius 1 is 0.474 bits per heavy atom. The molecule has 178 valence electrons. The van der Waals surface area contributed by atoms with Crippen LogP contribution in [0.15, 0.2) is 84.9 Å². The minimum atomic E-state index is -0.465. The third-order valence-electron chi connectivity index (χ3n) is 6.65. The fourth-order valence-electron chi connectivity index (χ4n) is 4.78. The first kappa shape index (κ1) is 22.7. The average Bonchev–Trinajstić information content (AvgIpc) is 3.36. The second-order valence-corrected chi connectivity index (χ2v) is 8.80. The third kappa shape index (κ3) is 3.33. The second-order valence-electron chi connectivity index (χ2n) is 8.80. The molecule has 0 bridgehead atoms. The molecule has 2 aliphatic rings. The predicted octanol–water partition coefficient (Wildman–Crippen LogP) is 4.92. The van der Waals surface area contributed by atoms with E-state index in [0.29, 0.717) is 33.6 Å². The minimum absolute atomic E-state index is 0.245. The predicted molar refractivity (Wildman–Crippen MR) is 143 cm³/mol. The molecule has 0 N–H and O–H groups in total. The van der Waals surface area contributed by atoms with E-state index in [1.54, 1.807) is 84.9 Å². The van der Waals surface area contributed by atoms with Crippen molar-refractivity contribution < 1.29 is 19.2 Å². The molecule has 0 saturated carbocycles. The monoisotopic (exact) mass is 492 g/mol. The molecule has 0 fully saturated rings. The quantitative estimate of drug-likeness (QED) is 0.301. The molecule has 0 saturated heterocycles. The Morgan fingerprint density at radius 3 is 1.26 bits per heavy atom. The maximum atomic E-state index is 13.3. The number of amides is 4. The van der Waals surface area contributed by atoms with Crippen molar-refractivity contribution in [1.29, 1.82) is 0 Å². The van der Waals surface area contributed by atoms with Gasteiger partial charge in [-0.05, 0) is 71.8 Å². The summed E-state index contributed by atoms with van der Waals surface area (Å²) in [6, 6.07) is 23.2. The Bertz CT molecular complexity index is 1700. The average molecular weight is 492 g/mol. The Kier molecular flexibility index (Phi) is 5.05. The van der Waals surface area contributed by atoms with Gasteiger partial charge in [-0.25, -0.2) is 9.80 Å². The van der Waals surface area contributed by atoms with Crippen molar-refractivity contribution in [2.45, 2.75) is 0 Å². The second kappa shape index (κ2) is 8.44. The van der Waals surface area contributed by atoms with Gasteiger partial charge in [0.15, 0.2) is 0 Å². The number of imide groups is 2. The summed E-state index contributed by atoms with van der Waals surface area (Å²) in [4.78, 5) is 54.8. The first-order chi connectivity index (χ1) is 18.4. The standard InChI is InChI=1S/C32H16N2O4/c1-3-19-7-5-9-23(15-19)33-29(35)25-13-11-21(17-27(25)31(33)37)22-12-14-26-28(18-22)32(38)34(30(26)36)24-10-6-8-20(4-2)16-24/h1-2,5-18H. The molecule has 6 nitrogen and oxygen atoms in total. The lowest BCUT2D eigenvalue weighted by Gasteiger charge is -2.14.